The number of esters is 1. The largest absolute Gasteiger partial charge is 0.462 e. The SMILES string of the molecule is CCCN1C[C@H](C)C[C@@](C)(O)[C@H](OC2O[C@H](C)CC[C@H]2O)[C@@H](C)[C@H](O[C@H]2C[C@@](C)(OC)C(CO)[C@H](C)O2)[C@@H](C)C(=O)O[C@H](CC)[C@H](C)[C@H](O)[C@H]1C. The lowest BCUT2D eigenvalue weighted by Crippen LogP contribution is -2.58. The molecule has 3 fully saturated rings. The fourth-order valence-electron chi connectivity index (χ4n) is 8.96. The van der Waals surface area contributed by atoms with Crippen LogP contribution in [0.3, 0.4) is 0 Å². The minimum absolute atomic E-state index is 0.0203. The van der Waals surface area contributed by atoms with Gasteiger partial charge in [-0.05, 0) is 86.1 Å². The lowest BCUT2D eigenvalue weighted by molar-refractivity contribution is -0.310. The summed E-state index contributed by atoms with van der Waals surface area (Å²) >= 11 is 0. The summed E-state index contributed by atoms with van der Waals surface area (Å²) in [7, 11) is 1.60. The molecule has 0 aromatic heterocycles. The number of carbonyl (C=O) groups is 1. The molecule has 0 aromatic carbocycles. The molecule has 0 bridgehead atoms. The van der Waals surface area contributed by atoms with Crippen LogP contribution in [0.25, 0.3) is 0 Å². The van der Waals surface area contributed by atoms with E-state index in [-0.39, 0.29) is 42.9 Å². The number of aliphatic hydroxyl groups is 4. The van der Waals surface area contributed by atoms with Gasteiger partial charge >= 0.3 is 5.97 Å². The highest BCUT2D eigenvalue weighted by Crippen LogP contribution is 2.41. The monoisotopic (exact) mass is 732 g/mol. The Hall–Kier alpha value is -0.930. The molecule has 2 unspecified atom stereocenters. The molecule has 3 aliphatic rings. The van der Waals surface area contributed by atoms with Gasteiger partial charge in [-0.1, -0.05) is 34.6 Å². The molecule has 0 amide bonds. The summed E-state index contributed by atoms with van der Waals surface area (Å²) in [5.74, 6) is -2.64. The van der Waals surface area contributed by atoms with E-state index < -0.39 is 78.2 Å². The van der Waals surface area contributed by atoms with Crippen molar-refractivity contribution in [3.05, 3.63) is 0 Å². The van der Waals surface area contributed by atoms with Crippen molar-refractivity contribution >= 4 is 5.97 Å². The molecular weight excluding hydrogens is 658 g/mol. The van der Waals surface area contributed by atoms with E-state index in [1.54, 1.807) is 21.0 Å². The number of ether oxygens (including phenoxy) is 6. The maximum atomic E-state index is 14.2. The Kier molecular flexibility index (Phi) is 16.6. The van der Waals surface area contributed by atoms with Crippen LogP contribution in [0, 0.1) is 29.6 Å². The van der Waals surface area contributed by atoms with Gasteiger partial charge in [0.1, 0.15) is 12.2 Å². The van der Waals surface area contributed by atoms with E-state index in [0.717, 1.165) is 13.0 Å². The first kappa shape index (κ1) is 44.5. The highest BCUT2D eigenvalue weighted by atomic mass is 16.7. The highest BCUT2D eigenvalue weighted by Gasteiger charge is 2.51. The molecule has 12 heteroatoms. The van der Waals surface area contributed by atoms with Gasteiger partial charge in [-0.2, -0.15) is 0 Å². The minimum Gasteiger partial charge on any atom is -0.462 e. The Morgan fingerprint density at radius 2 is 1.61 bits per heavy atom. The Morgan fingerprint density at radius 1 is 0.941 bits per heavy atom. The molecule has 12 nitrogen and oxygen atoms in total. The van der Waals surface area contributed by atoms with Crippen LogP contribution in [0.5, 0.6) is 0 Å². The number of aliphatic hydroxyl groups excluding tert-OH is 3. The van der Waals surface area contributed by atoms with Gasteiger partial charge in [0.05, 0.1) is 54.2 Å². The molecule has 3 rings (SSSR count). The van der Waals surface area contributed by atoms with Gasteiger partial charge in [-0.3, -0.25) is 9.69 Å². The van der Waals surface area contributed by atoms with Crippen LogP contribution in [0.1, 0.15) is 115 Å². The summed E-state index contributed by atoms with van der Waals surface area (Å²) in [5.41, 5.74) is -2.23. The molecule has 0 radical (unpaired) electrons. The van der Waals surface area contributed by atoms with E-state index in [4.69, 9.17) is 28.4 Å². The van der Waals surface area contributed by atoms with Crippen molar-refractivity contribution in [3.8, 4) is 0 Å². The van der Waals surface area contributed by atoms with Crippen molar-refractivity contribution in [2.75, 3.05) is 26.8 Å². The quantitative estimate of drug-likeness (QED) is 0.250. The van der Waals surface area contributed by atoms with Crippen LogP contribution in [-0.2, 0) is 33.2 Å². The molecule has 0 aromatic rings. The Balaban J connectivity index is 2.14. The van der Waals surface area contributed by atoms with E-state index in [9.17, 15) is 25.2 Å². The van der Waals surface area contributed by atoms with Crippen LogP contribution >= 0.6 is 0 Å². The van der Waals surface area contributed by atoms with Gasteiger partial charge in [-0.25, -0.2) is 0 Å². The van der Waals surface area contributed by atoms with Crippen molar-refractivity contribution in [2.45, 2.75) is 187 Å². The normalized spacial score (nSPS) is 47.3. The number of cyclic esters (lactones) is 1. The standard InChI is InChI=1S/C39H73NO11/c1-13-17-40-20-22(3)18-38(10,45)35(51-37-30(42)16-15-23(4)47-37)25(6)34(50-32-19-39(11,46-12)29(21-41)28(9)48-32)26(7)36(44)49-31(14-2)24(5)33(43)27(40)8/h22-35,37,41-43,45H,13-21H2,1-12H3/t22-,23-,24+,25+,26-,27-,28+,29?,30-,31-,32+,33+,34+,35-,37?,38-,39-/m1/s1. The van der Waals surface area contributed by atoms with E-state index in [0.29, 0.717) is 32.2 Å². The molecule has 0 aliphatic carbocycles. The fourth-order valence-corrected chi connectivity index (χ4v) is 8.96. The number of nitrogens with zero attached hydrogens (tertiary/aromatic N) is 1. The molecule has 3 aliphatic heterocycles. The first-order valence-electron chi connectivity index (χ1n) is 19.6. The summed E-state index contributed by atoms with van der Waals surface area (Å²) in [5, 5.41) is 45.4. The van der Waals surface area contributed by atoms with Crippen LogP contribution in [-0.4, -0.2) is 131 Å². The van der Waals surface area contributed by atoms with Crippen LogP contribution in [0.15, 0.2) is 0 Å². The minimum atomic E-state index is -1.46. The average Bonchev–Trinajstić information content (AvgIpc) is 3.07. The van der Waals surface area contributed by atoms with Crippen LogP contribution < -0.4 is 0 Å². The topological polar surface area (TPSA) is 157 Å². The number of methoxy groups -OCH3 is 1. The molecule has 0 spiro atoms. The second-order valence-electron chi connectivity index (χ2n) is 16.7. The summed E-state index contributed by atoms with van der Waals surface area (Å²) in [4.78, 5) is 16.5. The number of rotatable bonds is 9. The van der Waals surface area contributed by atoms with Gasteiger partial charge in [0.25, 0.3) is 0 Å². The average molecular weight is 732 g/mol. The third-order valence-corrected chi connectivity index (χ3v) is 12.2. The van der Waals surface area contributed by atoms with E-state index in [1.165, 1.54) is 0 Å². The van der Waals surface area contributed by atoms with Crippen LogP contribution in [0.4, 0.5) is 0 Å². The highest BCUT2D eigenvalue weighted by molar-refractivity contribution is 5.73. The molecule has 3 heterocycles. The van der Waals surface area contributed by atoms with Gasteiger partial charge in [-0.15, -0.1) is 0 Å². The van der Waals surface area contributed by atoms with E-state index in [2.05, 4.69) is 18.7 Å². The number of hydrogen-bond donors (Lipinski definition) is 4. The molecule has 300 valence electrons. The lowest BCUT2D eigenvalue weighted by Gasteiger charge is -2.49. The Labute approximate surface area is 307 Å². The summed E-state index contributed by atoms with van der Waals surface area (Å²) < 4.78 is 38.1. The molecule has 0 saturated carbocycles. The van der Waals surface area contributed by atoms with E-state index in [1.807, 2.05) is 48.5 Å². The van der Waals surface area contributed by atoms with Crippen molar-refractivity contribution in [2.24, 2.45) is 29.6 Å². The lowest BCUT2D eigenvalue weighted by atomic mass is 9.77. The predicted molar refractivity (Wildman–Crippen MR) is 194 cm³/mol. The predicted octanol–water partition coefficient (Wildman–Crippen LogP) is 4.27. The van der Waals surface area contributed by atoms with Crippen molar-refractivity contribution in [1.82, 2.24) is 4.90 Å². The second kappa shape index (κ2) is 19.1. The third kappa shape index (κ3) is 10.9. The zero-order valence-electron chi connectivity index (χ0n) is 33.6. The number of hydrogen-bond acceptors (Lipinski definition) is 12. The number of carbonyl (C=O) groups excluding carboxylic acids is 1. The first-order valence-corrected chi connectivity index (χ1v) is 19.6. The van der Waals surface area contributed by atoms with E-state index >= 15 is 0 Å². The smallest absolute Gasteiger partial charge is 0.311 e. The Morgan fingerprint density at radius 3 is 2.20 bits per heavy atom. The maximum Gasteiger partial charge on any atom is 0.311 e. The molecule has 3 saturated heterocycles. The summed E-state index contributed by atoms with van der Waals surface area (Å²) in [6, 6.07) is -0.222. The zero-order chi connectivity index (χ0) is 38.4. The summed E-state index contributed by atoms with van der Waals surface area (Å²) in [6.07, 6.45) is -3.20. The molecule has 17 atom stereocenters. The molecule has 51 heavy (non-hydrogen) atoms. The first-order chi connectivity index (χ1) is 23.8. The molecular formula is C39H73NO11. The summed E-state index contributed by atoms with van der Waals surface area (Å²) in [6.45, 7) is 22.4. The van der Waals surface area contributed by atoms with Crippen LogP contribution in [0.2, 0.25) is 0 Å². The Bertz CT molecular complexity index is 1060. The zero-order valence-corrected chi connectivity index (χ0v) is 33.6. The van der Waals surface area contributed by atoms with Crippen molar-refractivity contribution in [1.29, 1.82) is 0 Å². The van der Waals surface area contributed by atoms with Gasteiger partial charge < -0.3 is 48.8 Å². The van der Waals surface area contributed by atoms with Crippen molar-refractivity contribution < 1.29 is 53.6 Å². The second-order valence-corrected chi connectivity index (χ2v) is 16.7. The maximum absolute atomic E-state index is 14.2. The van der Waals surface area contributed by atoms with Gasteiger partial charge in [0.2, 0.25) is 0 Å². The third-order valence-electron chi connectivity index (χ3n) is 12.2. The van der Waals surface area contributed by atoms with Gasteiger partial charge in [0, 0.05) is 43.9 Å². The van der Waals surface area contributed by atoms with Crippen molar-refractivity contribution in [3.63, 3.8) is 0 Å². The molecule has 4 N–H and O–H groups in total. The van der Waals surface area contributed by atoms with Gasteiger partial charge in [0.15, 0.2) is 12.6 Å². The fraction of sp³-hybridized carbons (Fsp3) is 0.974.